The van der Waals surface area contributed by atoms with Gasteiger partial charge in [-0.2, -0.15) is 0 Å². The Hall–Kier alpha value is -2.33. The predicted molar refractivity (Wildman–Crippen MR) is 91.0 cm³/mol. The molecule has 23 heavy (non-hydrogen) atoms. The Labute approximate surface area is 136 Å². The molecule has 1 aliphatic heterocycles. The fourth-order valence-electron chi connectivity index (χ4n) is 3.44. The van der Waals surface area contributed by atoms with Crippen LogP contribution in [0.5, 0.6) is 0 Å². The smallest absolute Gasteiger partial charge is 0.0705 e. The molecule has 0 spiro atoms. The third kappa shape index (κ3) is 3.08. The standard InChI is InChI=1S/C19H20N4/c1-2-4-18-17(3-1)16(5-8-21-18)14-23-11-6-15(7-12-23)19-13-20-9-10-22-19/h1-5,8-10,13,15H,6-7,11-12,14H2. The summed E-state index contributed by atoms with van der Waals surface area (Å²) in [6.07, 6.45) is 9.68. The van der Waals surface area contributed by atoms with Crippen molar-refractivity contribution in [2.75, 3.05) is 13.1 Å². The van der Waals surface area contributed by atoms with Gasteiger partial charge in [-0.3, -0.25) is 19.9 Å². The van der Waals surface area contributed by atoms with Gasteiger partial charge < -0.3 is 0 Å². The van der Waals surface area contributed by atoms with E-state index in [1.807, 2.05) is 18.5 Å². The average Bonchev–Trinajstić information content (AvgIpc) is 2.63. The Balaban J connectivity index is 1.45. The van der Waals surface area contributed by atoms with Gasteiger partial charge in [0.05, 0.1) is 11.2 Å². The number of aromatic nitrogens is 3. The topological polar surface area (TPSA) is 41.9 Å². The van der Waals surface area contributed by atoms with E-state index in [2.05, 4.69) is 44.1 Å². The van der Waals surface area contributed by atoms with Crippen LogP contribution in [0.15, 0.2) is 55.1 Å². The number of piperidine rings is 1. The van der Waals surface area contributed by atoms with Gasteiger partial charge in [-0.1, -0.05) is 18.2 Å². The largest absolute Gasteiger partial charge is 0.299 e. The summed E-state index contributed by atoms with van der Waals surface area (Å²) in [6.45, 7) is 3.21. The van der Waals surface area contributed by atoms with Crippen molar-refractivity contribution in [1.82, 2.24) is 19.9 Å². The summed E-state index contributed by atoms with van der Waals surface area (Å²) in [7, 11) is 0. The minimum absolute atomic E-state index is 0.550. The second kappa shape index (κ2) is 6.42. The maximum absolute atomic E-state index is 4.46. The van der Waals surface area contributed by atoms with Gasteiger partial charge in [0.2, 0.25) is 0 Å². The van der Waals surface area contributed by atoms with Crippen molar-refractivity contribution in [2.45, 2.75) is 25.3 Å². The minimum atomic E-state index is 0.550. The molecule has 0 amide bonds. The number of likely N-dealkylation sites (tertiary alicyclic amines) is 1. The lowest BCUT2D eigenvalue weighted by molar-refractivity contribution is 0.204. The molecule has 2 aromatic heterocycles. The molecule has 1 aliphatic rings. The van der Waals surface area contributed by atoms with Gasteiger partial charge in [-0.15, -0.1) is 0 Å². The Morgan fingerprint density at radius 2 is 1.83 bits per heavy atom. The van der Waals surface area contributed by atoms with Crippen LogP contribution in [0.2, 0.25) is 0 Å². The first-order chi connectivity index (χ1) is 11.4. The molecule has 4 heteroatoms. The normalized spacial score (nSPS) is 16.7. The number of nitrogens with zero attached hydrogens (tertiary/aromatic N) is 4. The Morgan fingerprint density at radius 1 is 0.957 bits per heavy atom. The second-order valence-corrected chi connectivity index (χ2v) is 6.17. The number of pyridine rings is 1. The zero-order valence-corrected chi connectivity index (χ0v) is 13.1. The van der Waals surface area contributed by atoms with Crippen molar-refractivity contribution < 1.29 is 0 Å². The van der Waals surface area contributed by atoms with Gasteiger partial charge in [0.25, 0.3) is 0 Å². The third-order valence-electron chi connectivity index (χ3n) is 4.72. The molecule has 4 rings (SSSR count). The van der Waals surface area contributed by atoms with Crippen LogP contribution < -0.4 is 0 Å². The van der Waals surface area contributed by atoms with Crippen LogP contribution in [0.3, 0.4) is 0 Å². The molecule has 0 unspecified atom stereocenters. The number of hydrogen-bond acceptors (Lipinski definition) is 4. The maximum atomic E-state index is 4.46. The Bertz CT molecular complexity index is 774. The molecule has 0 atom stereocenters. The summed E-state index contributed by atoms with van der Waals surface area (Å²) < 4.78 is 0. The van der Waals surface area contributed by atoms with E-state index in [1.54, 1.807) is 12.4 Å². The first-order valence-corrected chi connectivity index (χ1v) is 8.21. The molecule has 0 radical (unpaired) electrons. The average molecular weight is 304 g/mol. The van der Waals surface area contributed by atoms with E-state index in [4.69, 9.17) is 0 Å². The fraction of sp³-hybridized carbons (Fsp3) is 0.316. The molecule has 1 fully saturated rings. The van der Waals surface area contributed by atoms with Gasteiger partial charge in [-0.05, 0) is 43.6 Å². The van der Waals surface area contributed by atoms with E-state index in [0.29, 0.717) is 5.92 Å². The van der Waals surface area contributed by atoms with Gasteiger partial charge in [0, 0.05) is 42.6 Å². The second-order valence-electron chi connectivity index (χ2n) is 6.17. The first kappa shape index (κ1) is 14.3. The summed E-state index contributed by atoms with van der Waals surface area (Å²) >= 11 is 0. The van der Waals surface area contributed by atoms with Crippen LogP contribution in [0, 0.1) is 0 Å². The Morgan fingerprint density at radius 3 is 2.65 bits per heavy atom. The van der Waals surface area contributed by atoms with Crippen molar-refractivity contribution in [3.63, 3.8) is 0 Å². The molecule has 0 N–H and O–H groups in total. The molecule has 3 aromatic rings. The summed E-state index contributed by atoms with van der Waals surface area (Å²) in [5.74, 6) is 0.550. The van der Waals surface area contributed by atoms with E-state index in [-0.39, 0.29) is 0 Å². The maximum Gasteiger partial charge on any atom is 0.0705 e. The highest BCUT2D eigenvalue weighted by Gasteiger charge is 2.22. The first-order valence-electron chi connectivity index (χ1n) is 8.21. The van der Waals surface area contributed by atoms with Crippen LogP contribution >= 0.6 is 0 Å². The van der Waals surface area contributed by atoms with Crippen LogP contribution in [0.4, 0.5) is 0 Å². The summed E-state index contributed by atoms with van der Waals surface area (Å²) in [5.41, 5.74) is 3.59. The van der Waals surface area contributed by atoms with Gasteiger partial charge in [0.15, 0.2) is 0 Å². The molecular formula is C19H20N4. The van der Waals surface area contributed by atoms with Gasteiger partial charge >= 0.3 is 0 Å². The highest BCUT2D eigenvalue weighted by atomic mass is 15.1. The van der Waals surface area contributed by atoms with Crippen molar-refractivity contribution >= 4 is 10.9 Å². The van der Waals surface area contributed by atoms with Crippen molar-refractivity contribution in [3.05, 3.63) is 66.4 Å². The summed E-state index contributed by atoms with van der Waals surface area (Å²) in [4.78, 5) is 15.7. The number of fused-ring (bicyclic) bond motifs is 1. The van der Waals surface area contributed by atoms with Crippen LogP contribution in [0.1, 0.15) is 30.0 Å². The summed E-state index contributed by atoms with van der Waals surface area (Å²) in [5, 5.41) is 1.27. The molecule has 0 aliphatic carbocycles. The van der Waals surface area contributed by atoms with E-state index < -0.39 is 0 Å². The Kier molecular flexibility index (Phi) is 3.99. The van der Waals surface area contributed by atoms with Gasteiger partial charge in [-0.25, -0.2) is 0 Å². The molecule has 1 aromatic carbocycles. The SMILES string of the molecule is c1ccc2c(CN3CCC(c4cnccn4)CC3)ccnc2c1. The monoisotopic (exact) mass is 304 g/mol. The lowest BCUT2D eigenvalue weighted by Gasteiger charge is -2.31. The number of para-hydroxylation sites is 1. The van der Waals surface area contributed by atoms with Crippen LogP contribution in [0.25, 0.3) is 10.9 Å². The number of hydrogen-bond donors (Lipinski definition) is 0. The lowest BCUT2D eigenvalue weighted by Crippen LogP contribution is -2.32. The third-order valence-corrected chi connectivity index (χ3v) is 4.72. The molecule has 0 bridgehead atoms. The van der Waals surface area contributed by atoms with Crippen molar-refractivity contribution in [2.24, 2.45) is 0 Å². The lowest BCUT2D eigenvalue weighted by atomic mass is 9.93. The molecule has 3 heterocycles. The van der Waals surface area contributed by atoms with Crippen LogP contribution in [-0.4, -0.2) is 32.9 Å². The van der Waals surface area contributed by atoms with Gasteiger partial charge in [0.1, 0.15) is 0 Å². The summed E-state index contributed by atoms with van der Waals surface area (Å²) in [6, 6.07) is 10.5. The predicted octanol–water partition coefficient (Wildman–Crippen LogP) is 3.40. The van der Waals surface area contributed by atoms with Crippen LogP contribution in [-0.2, 0) is 6.54 Å². The molecule has 0 saturated carbocycles. The van der Waals surface area contributed by atoms with E-state index in [1.165, 1.54) is 10.9 Å². The van der Waals surface area contributed by atoms with Crippen molar-refractivity contribution in [3.8, 4) is 0 Å². The zero-order chi connectivity index (χ0) is 15.5. The minimum Gasteiger partial charge on any atom is -0.299 e. The van der Waals surface area contributed by atoms with E-state index in [0.717, 1.165) is 43.7 Å². The van der Waals surface area contributed by atoms with E-state index in [9.17, 15) is 0 Å². The molecule has 4 nitrogen and oxygen atoms in total. The fourth-order valence-corrected chi connectivity index (χ4v) is 3.44. The molecule has 116 valence electrons. The van der Waals surface area contributed by atoms with E-state index >= 15 is 0 Å². The highest BCUT2D eigenvalue weighted by molar-refractivity contribution is 5.81. The zero-order valence-electron chi connectivity index (χ0n) is 13.1. The highest BCUT2D eigenvalue weighted by Crippen LogP contribution is 2.27. The quantitative estimate of drug-likeness (QED) is 0.743. The molecular weight excluding hydrogens is 284 g/mol. The molecule has 1 saturated heterocycles. The number of benzene rings is 1. The van der Waals surface area contributed by atoms with Crippen molar-refractivity contribution in [1.29, 1.82) is 0 Å². The number of rotatable bonds is 3.